The third kappa shape index (κ3) is 4.84. The Morgan fingerprint density at radius 3 is 2.77 bits per heavy atom. The van der Waals surface area contributed by atoms with Gasteiger partial charge in [0.05, 0.1) is 6.54 Å². The van der Waals surface area contributed by atoms with Gasteiger partial charge in [-0.05, 0) is 43.4 Å². The molecule has 0 atom stereocenters. The minimum absolute atomic E-state index is 0.223. The van der Waals surface area contributed by atoms with Gasteiger partial charge >= 0.3 is 0 Å². The fraction of sp³-hybridized carbons (Fsp3) is 0.455. The first kappa shape index (κ1) is 18.4. The van der Waals surface area contributed by atoms with Crippen LogP contribution in [0, 0.1) is 12.8 Å². The lowest BCUT2D eigenvalue weighted by Gasteiger charge is -2.11. The molecule has 0 radical (unpaired) electrons. The summed E-state index contributed by atoms with van der Waals surface area (Å²) >= 11 is 0. The molecule has 1 aromatic carbocycles. The molecule has 138 valence electrons. The topological polar surface area (TPSA) is 51.1 Å². The Hall–Kier alpha value is -2.36. The van der Waals surface area contributed by atoms with Crippen molar-refractivity contribution in [3.8, 4) is 0 Å². The molecule has 3 rings (SSSR count). The average Bonchev–Trinajstić information content (AvgIpc) is 3.14. The fourth-order valence-corrected chi connectivity index (χ4v) is 3.83. The van der Waals surface area contributed by atoms with Crippen LogP contribution in [0.25, 0.3) is 0 Å². The number of pyridine rings is 1. The van der Waals surface area contributed by atoms with E-state index in [0.717, 1.165) is 23.5 Å². The van der Waals surface area contributed by atoms with Crippen LogP contribution in [0.4, 0.5) is 0 Å². The monoisotopic (exact) mass is 352 g/mol. The van der Waals surface area contributed by atoms with Crippen LogP contribution in [0.1, 0.15) is 60.0 Å². The van der Waals surface area contributed by atoms with E-state index in [0.29, 0.717) is 13.1 Å². The van der Waals surface area contributed by atoms with Gasteiger partial charge in [-0.25, -0.2) is 0 Å². The molecule has 0 aliphatic heterocycles. The predicted molar refractivity (Wildman–Crippen MR) is 105 cm³/mol. The van der Waals surface area contributed by atoms with Crippen LogP contribution in [0.15, 0.2) is 47.4 Å². The molecule has 1 amide bonds. The highest BCUT2D eigenvalue weighted by Gasteiger charge is 2.15. The molecule has 1 fully saturated rings. The summed E-state index contributed by atoms with van der Waals surface area (Å²) in [6.07, 6.45) is 9.25. The second-order valence-corrected chi connectivity index (χ2v) is 7.39. The summed E-state index contributed by atoms with van der Waals surface area (Å²) < 4.78 is 1.60. The van der Waals surface area contributed by atoms with Gasteiger partial charge in [0, 0.05) is 12.7 Å². The van der Waals surface area contributed by atoms with Gasteiger partial charge in [-0.2, -0.15) is 0 Å². The lowest BCUT2D eigenvalue weighted by Crippen LogP contribution is -2.33. The molecule has 1 aliphatic carbocycles. The molecule has 26 heavy (non-hydrogen) atoms. The summed E-state index contributed by atoms with van der Waals surface area (Å²) in [5.74, 6) is 0.565. The van der Waals surface area contributed by atoms with Crippen molar-refractivity contribution in [2.45, 2.75) is 52.0 Å². The van der Waals surface area contributed by atoms with Crippen molar-refractivity contribution in [2.24, 2.45) is 5.92 Å². The maximum absolute atomic E-state index is 12.6. The summed E-state index contributed by atoms with van der Waals surface area (Å²) in [4.78, 5) is 25.0. The third-order valence-corrected chi connectivity index (χ3v) is 5.25. The Labute approximate surface area is 155 Å². The van der Waals surface area contributed by atoms with E-state index in [-0.39, 0.29) is 17.0 Å². The van der Waals surface area contributed by atoms with Gasteiger partial charge in [-0.3, -0.25) is 9.59 Å². The van der Waals surface area contributed by atoms with Gasteiger partial charge in [0.25, 0.3) is 11.5 Å². The second-order valence-electron chi connectivity index (χ2n) is 7.39. The van der Waals surface area contributed by atoms with Crippen LogP contribution >= 0.6 is 0 Å². The zero-order chi connectivity index (χ0) is 18.4. The zero-order valence-corrected chi connectivity index (χ0v) is 15.5. The number of nitrogens with one attached hydrogen (secondary N) is 1. The molecule has 0 spiro atoms. The Kier molecular flexibility index (Phi) is 6.26. The summed E-state index contributed by atoms with van der Waals surface area (Å²) in [6, 6.07) is 11.4. The molecule has 1 saturated carbocycles. The fourth-order valence-electron chi connectivity index (χ4n) is 3.83. The van der Waals surface area contributed by atoms with Crippen LogP contribution < -0.4 is 10.9 Å². The van der Waals surface area contributed by atoms with E-state index >= 15 is 0 Å². The van der Waals surface area contributed by atoms with E-state index in [1.807, 2.05) is 25.1 Å². The first-order valence-electron chi connectivity index (χ1n) is 9.66. The van der Waals surface area contributed by atoms with E-state index in [1.165, 1.54) is 32.1 Å². The SMILES string of the molecule is Cc1cccc(Cn2cccc(C(=O)NCCCC3CCCC3)c2=O)c1. The van der Waals surface area contributed by atoms with E-state index in [1.54, 1.807) is 22.9 Å². The maximum atomic E-state index is 12.6. The number of rotatable bonds is 7. The second kappa shape index (κ2) is 8.84. The first-order chi connectivity index (χ1) is 12.6. The van der Waals surface area contributed by atoms with Crippen LogP contribution in [-0.2, 0) is 6.54 Å². The van der Waals surface area contributed by atoms with Crippen molar-refractivity contribution in [1.29, 1.82) is 0 Å². The van der Waals surface area contributed by atoms with Crippen molar-refractivity contribution >= 4 is 5.91 Å². The van der Waals surface area contributed by atoms with E-state index in [9.17, 15) is 9.59 Å². The number of carbonyl (C=O) groups is 1. The first-order valence-corrected chi connectivity index (χ1v) is 9.66. The summed E-state index contributed by atoms with van der Waals surface area (Å²) in [7, 11) is 0. The number of hydrogen-bond donors (Lipinski definition) is 1. The molecule has 4 heteroatoms. The number of amides is 1. The average molecular weight is 352 g/mol. The molecule has 0 bridgehead atoms. The maximum Gasteiger partial charge on any atom is 0.263 e. The largest absolute Gasteiger partial charge is 0.352 e. The van der Waals surface area contributed by atoms with Crippen LogP contribution in [0.2, 0.25) is 0 Å². The van der Waals surface area contributed by atoms with E-state index in [4.69, 9.17) is 0 Å². The lowest BCUT2D eigenvalue weighted by atomic mass is 10.0. The standard InChI is InChI=1S/C22H28N2O2/c1-17-7-4-10-19(15-17)16-24-14-6-12-20(22(24)26)21(25)23-13-5-11-18-8-2-3-9-18/h4,6-7,10,12,14-15,18H,2-3,5,8-9,11,13,16H2,1H3,(H,23,25). The van der Waals surface area contributed by atoms with Crippen molar-refractivity contribution in [3.63, 3.8) is 0 Å². The number of hydrogen-bond acceptors (Lipinski definition) is 2. The van der Waals surface area contributed by atoms with E-state index < -0.39 is 0 Å². The van der Waals surface area contributed by atoms with Gasteiger partial charge in [-0.15, -0.1) is 0 Å². The number of benzene rings is 1. The number of aromatic nitrogens is 1. The molecular weight excluding hydrogens is 324 g/mol. The Morgan fingerprint density at radius 2 is 2.00 bits per heavy atom. The Bertz CT molecular complexity index is 804. The van der Waals surface area contributed by atoms with Gasteiger partial charge in [0.1, 0.15) is 5.56 Å². The van der Waals surface area contributed by atoms with Gasteiger partial charge < -0.3 is 9.88 Å². The molecule has 4 nitrogen and oxygen atoms in total. The van der Waals surface area contributed by atoms with Crippen LogP contribution in [0.3, 0.4) is 0 Å². The van der Waals surface area contributed by atoms with Crippen LogP contribution in [-0.4, -0.2) is 17.0 Å². The minimum Gasteiger partial charge on any atom is -0.352 e. The quantitative estimate of drug-likeness (QED) is 0.768. The summed E-state index contributed by atoms with van der Waals surface area (Å²) in [5, 5.41) is 2.91. The van der Waals surface area contributed by atoms with Gasteiger partial charge in [0.15, 0.2) is 0 Å². The predicted octanol–water partition coefficient (Wildman–Crippen LogP) is 3.91. The Balaban J connectivity index is 1.58. The van der Waals surface area contributed by atoms with Crippen molar-refractivity contribution < 1.29 is 4.79 Å². The summed E-state index contributed by atoms with van der Waals surface area (Å²) in [6.45, 7) is 3.15. The summed E-state index contributed by atoms with van der Waals surface area (Å²) in [5.41, 5.74) is 2.20. The smallest absolute Gasteiger partial charge is 0.263 e. The third-order valence-electron chi connectivity index (χ3n) is 5.25. The molecule has 1 aliphatic rings. The number of nitrogens with zero attached hydrogens (tertiary/aromatic N) is 1. The molecule has 1 aromatic heterocycles. The Morgan fingerprint density at radius 1 is 1.19 bits per heavy atom. The van der Waals surface area contributed by atoms with E-state index in [2.05, 4.69) is 11.4 Å². The number of carbonyl (C=O) groups excluding carboxylic acids is 1. The molecule has 2 aromatic rings. The molecule has 0 unspecified atom stereocenters. The highest BCUT2D eigenvalue weighted by molar-refractivity contribution is 5.93. The molecular formula is C22H28N2O2. The van der Waals surface area contributed by atoms with Gasteiger partial charge in [-0.1, -0.05) is 55.5 Å². The zero-order valence-electron chi connectivity index (χ0n) is 15.5. The normalized spacial score (nSPS) is 14.5. The van der Waals surface area contributed by atoms with Crippen molar-refractivity contribution in [3.05, 3.63) is 69.6 Å². The lowest BCUT2D eigenvalue weighted by molar-refractivity contribution is 0.0950. The van der Waals surface area contributed by atoms with Crippen LogP contribution in [0.5, 0.6) is 0 Å². The molecule has 1 N–H and O–H groups in total. The van der Waals surface area contributed by atoms with Crippen molar-refractivity contribution in [1.82, 2.24) is 9.88 Å². The van der Waals surface area contributed by atoms with Gasteiger partial charge in [0.2, 0.25) is 0 Å². The highest BCUT2D eigenvalue weighted by atomic mass is 16.2. The minimum atomic E-state index is -0.264. The highest BCUT2D eigenvalue weighted by Crippen LogP contribution is 2.28. The molecule has 1 heterocycles. The number of aryl methyl sites for hydroxylation is 1. The van der Waals surface area contributed by atoms with Crippen molar-refractivity contribution in [2.75, 3.05) is 6.54 Å². The molecule has 0 saturated heterocycles.